The van der Waals surface area contributed by atoms with Crippen LogP contribution in [0.3, 0.4) is 0 Å². The van der Waals surface area contributed by atoms with Gasteiger partial charge in [0.25, 0.3) is 0 Å². The lowest BCUT2D eigenvalue weighted by atomic mass is 10.1. The number of thiophene rings is 1. The fourth-order valence-corrected chi connectivity index (χ4v) is 3.09. The molecule has 2 aromatic rings. The van der Waals surface area contributed by atoms with Crippen molar-refractivity contribution in [3.8, 4) is 0 Å². The average molecular weight is 286 g/mol. The van der Waals surface area contributed by atoms with E-state index in [1.165, 1.54) is 26.1 Å². The van der Waals surface area contributed by atoms with Gasteiger partial charge in [0.15, 0.2) is 0 Å². The minimum Gasteiger partial charge on any atom is -1.00 e. The zero-order chi connectivity index (χ0) is 12.3. The van der Waals surface area contributed by atoms with Crippen molar-refractivity contribution >= 4 is 21.4 Å². The molecule has 1 atom stereocenters. The van der Waals surface area contributed by atoms with E-state index < -0.39 is 0 Å². The summed E-state index contributed by atoms with van der Waals surface area (Å²) < 4.78 is 1.37. The third-order valence-electron chi connectivity index (χ3n) is 3.21. The van der Waals surface area contributed by atoms with Gasteiger partial charge in [-0.2, -0.15) is 0 Å². The summed E-state index contributed by atoms with van der Waals surface area (Å²) in [6.45, 7) is 7.48. The maximum absolute atomic E-state index is 9.04. The molecule has 18 heavy (non-hydrogen) atoms. The number of nitrogens with one attached hydrogen (secondary N) is 1. The third-order valence-corrected chi connectivity index (χ3v) is 4.23. The van der Waals surface area contributed by atoms with Gasteiger partial charge in [-0.05, 0) is 19.9 Å². The Morgan fingerprint density at radius 3 is 2.78 bits per heavy atom. The van der Waals surface area contributed by atoms with Crippen molar-refractivity contribution in [3.63, 3.8) is 0 Å². The smallest absolute Gasteiger partial charge is 0.104 e. The highest BCUT2D eigenvalue weighted by Crippen LogP contribution is 2.26. The Balaban J connectivity index is 0.00000162. The SMILES string of the molecule is CC[NH+](CCO)Cc1csc2ccc(C)cc12.[Cl-]. The highest BCUT2D eigenvalue weighted by Gasteiger charge is 2.11. The molecule has 0 bridgehead atoms. The summed E-state index contributed by atoms with van der Waals surface area (Å²) in [7, 11) is 0. The van der Waals surface area contributed by atoms with E-state index in [2.05, 4.69) is 37.4 Å². The molecule has 1 aromatic carbocycles. The number of aryl methyl sites for hydroxylation is 1. The number of aliphatic hydroxyl groups is 1. The van der Waals surface area contributed by atoms with Crippen LogP contribution in [0.4, 0.5) is 0 Å². The lowest BCUT2D eigenvalue weighted by Gasteiger charge is -2.15. The number of halogens is 1. The zero-order valence-corrected chi connectivity index (χ0v) is 12.4. The molecular weight excluding hydrogens is 266 g/mol. The van der Waals surface area contributed by atoms with Crippen LogP contribution in [0.25, 0.3) is 10.1 Å². The molecule has 4 heteroatoms. The fraction of sp³-hybridized carbons (Fsp3) is 0.429. The summed E-state index contributed by atoms with van der Waals surface area (Å²) in [6.07, 6.45) is 0. The predicted molar refractivity (Wildman–Crippen MR) is 73.7 cm³/mol. The van der Waals surface area contributed by atoms with Gasteiger partial charge in [0.2, 0.25) is 0 Å². The molecular formula is C14H20ClNOS. The van der Waals surface area contributed by atoms with Gasteiger partial charge in [0.1, 0.15) is 13.1 Å². The Morgan fingerprint density at radius 1 is 1.33 bits per heavy atom. The van der Waals surface area contributed by atoms with Crippen LogP contribution < -0.4 is 17.3 Å². The molecule has 2 rings (SSSR count). The van der Waals surface area contributed by atoms with Crippen molar-refractivity contribution in [3.05, 3.63) is 34.7 Å². The van der Waals surface area contributed by atoms with Crippen molar-refractivity contribution in [2.24, 2.45) is 0 Å². The molecule has 0 aliphatic heterocycles. The molecule has 0 aliphatic rings. The van der Waals surface area contributed by atoms with Crippen molar-refractivity contribution in [1.29, 1.82) is 0 Å². The van der Waals surface area contributed by atoms with Gasteiger partial charge >= 0.3 is 0 Å². The Bertz CT molecular complexity index is 497. The van der Waals surface area contributed by atoms with E-state index >= 15 is 0 Å². The molecule has 0 saturated carbocycles. The van der Waals surface area contributed by atoms with Gasteiger partial charge in [0.05, 0.1) is 13.2 Å². The second kappa shape index (κ2) is 7.10. The van der Waals surface area contributed by atoms with Crippen LogP contribution in [0.1, 0.15) is 18.1 Å². The summed E-state index contributed by atoms with van der Waals surface area (Å²) >= 11 is 1.82. The van der Waals surface area contributed by atoms with Crippen LogP contribution in [0.5, 0.6) is 0 Å². The second-order valence-corrected chi connectivity index (χ2v) is 5.43. The highest BCUT2D eigenvalue weighted by atomic mass is 35.5. The first-order valence-corrected chi connectivity index (χ1v) is 7.03. The number of rotatable bonds is 5. The number of likely N-dealkylation sites (N-methyl/N-ethyl adjacent to an activating group) is 1. The van der Waals surface area contributed by atoms with Crippen LogP contribution in [0.2, 0.25) is 0 Å². The summed E-state index contributed by atoms with van der Waals surface area (Å²) in [6, 6.07) is 6.64. The summed E-state index contributed by atoms with van der Waals surface area (Å²) in [5, 5.41) is 12.7. The lowest BCUT2D eigenvalue weighted by Crippen LogP contribution is -3.10. The highest BCUT2D eigenvalue weighted by molar-refractivity contribution is 7.17. The number of hydrogen-bond acceptors (Lipinski definition) is 2. The average Bonchev–Trinajstić information content (AvgIpc) is 2.71. The van der Waals surface area contributed by atoms with Gasteiger partial charge in [0, 0.05) is 21.0 Å². The monoisotopic (exact) mass is 285 g/mol. The van der Waals surface area contributed by atoms with Gasteiger partial charge in [-0.15, -0.1) is 11.3 Å². The molecule has 1 heterocycles. The van der Waals surface area contributed by atoms with E-state index in [-0.39, 0.29) is 19.0 Å². The zero-order valence-electron chi connectivity index (χ0n) is 10.9. The molecule has 2 nitrogen and oxygen atoms in total. The Kier molecular flexibility index (Phi) is 6.09. The van der Waals surface area contributed by atoms with Crippen molar-refractivity contribution in [2.45, 2.75) is 20.4 Å². The number of benzene rings is 1. The standard InChI is InChI=1S/C14H19NOS.ClH/c1-3-15(6-7-16)9-12-10-17-14-5-4-11(2)8-13(12)14;/h4-5,8,10,16H,3,6-7,9H2,1-2H3;1H. The fourth-order valence-electron chi connectivity index (χ4n) is 2.15. The second-order valence-electron chi connectivity index (χ2n) is 4.51. The molecule has 0 amide bonds. The lowest BCUT2D eigenvalue weighted by molar-refractivity contribution is -0.912. The van der Waals surface area contributed by atoms with Crippen LogP contribution in [-0.2, 0) is 6.54 Å². The molecule has 2 N–H and O–H groups in total. The topological polar surface area (TPSA) is 24.7 Å². The molecule has 0 saturated heterocycles. The quantitative estimate of drug-likeness (QED) is 0.695. The molecule has 100 valence electrons. The Morgan fingerprint density at radius 2 is 2.11 bits per heavy atom. The van der Waals surface area contributed by atoms with E-state index in [0.717, 1.165) is 19.6 Å². The summed E-state index contributed by atoms with van der Waals surface area (Å²) in [5.41, 5.74) is 2.73. The first-order chi connectivity index (χ1) is 8.24. The van der Waals surface area contributed by atoms with Crippen LogP contribution in [0, 0.1) is 6.92 Å². The number of quaternary nitrogens is 1. The van der Waals surface area contributed by atoms with E-state index in [9.17, 15) is 0 Å². The maximum Gasteiger partial charge on any atom is 0.104 e. The minimum atomic E-state index is 0. The van der Waals surface area contributed by atoms with Crippen LogP contribution >= 0.6 is 11.3 Å². The molecule has 0 fully saturated rings. The van der Waals surface area contributed by atoms with E-state index in [0.29, 0.717) is 0 Å². The summed E-state index contributed by atoms with van der Waals surface area (Å²) in [5.74, 6) is 0. The van der Waals surface area contributed by atoms with Gasteiger partial charge in [-0.25, -0.2) is 0 Å². The maximum atomic E-state index is 9.04. The summed E-state index contributed by atoms with van der Waals surface area (Å²) in [4.78, 5) is 1.44. The third kappa shape index (κ3) is 3.45. The van der Waals surface area contributed by atoms with Crippen molar-refractivity contribution in [1.82, 2.24) is 0 Å². The van der Waals surface area contributed by atoms with Crippen LogP contribution in [-0.4, -0.2) is 24.8 Å². The van der Waals surface area contributed by atoms with Crippen molar-refractivity contribution in [2.75, 3.05) is 19.7 Å². The largest absolute Gasteiger partial charge is 1.00 e. The van der Waals surface area contributed by atoms with E-state index in [1.807, 2.05) is 11.3 Å². The number of fused-ring (bicyclic) bond motifs is 1. The van der Waals surface area contributed by atoms with Gasteiger partial charge in [-0.1, -0.05) is 17.7 Å². The van der Waals surface area contributed by atoms with Crippen LogP contribution in [0.15, 0.2) is 23.6 Å². The molecule has 1 aromatic heterocycles. The predicted octanol–water partition coefficient (Wildman–Crippen LogP) is -1.39. The van der Waals surface area contributed by atoms with Crippen molar-refractivity contribution < 1.29 is 22.4 Å². The number of aliphatic hydroxyl groups excluding tert-OH is 1. The van der Waals surface area contributed by atoms with Gasteiger partial charge < -0.3 is 22.4 Å². The van der Waals surface area contributed by atoms with Gasteiger partial charge in [-0.3, -0.25) is 0 Å². The minimum absolute atomic E-state index is 0. The molecule has 0 aliphatic carbocycles. The first kappa shape index (κ1) is 15.4. The normalized spacial score (nSPS) is 12.4. The molecule has 0 radical (unpaired) electrons. The number of hydrogen-bond donors (Lipinski definition) is 2. The van der Waals surface area contributed by atoms with E-state index in [4.69, 9.17) is 5.11 Å². The first-order valence-electron chi connectivity index (χ1n) is 6.15. The Hall–Kier alpha value is -0.610. The van der Waals surface area contributed by atoms with E-state index in [1.54, 1.807) is 0 Å². The Labute approximate surface area is 119 Å². The molecule has 0 spiro atoms. The molecule has 1 unspecified atom stereocenters.